The summed E-state index contributed by atoms with van der Waals surface area (Å²) >= 11 is 0. The first-order chi connectivity index (χ1) is 10.7. The summed E-state index contributed by atoms with van der Waals surface area (Å²) < 4.78 is 13.5. The minimum atomic E-state index is -0.778. The van der Waals surface area contributed by atoms with E-state index in [4.69, 9.17) is 5.73 Å². The molecular weight excluding hydrogens is 299 g/mol. The number of primary amides is 1. The van der Waals surface area contributed by atoms with Crippen molar-refractivity contribution in [3.63, 3.8) is 0 Å². The van der Waals surface area contributed by atoms with Crippen LogP contribution in [0.4, 0.5) is 10.1 Å². The minimum absolute atomic E-state index is 0.192. The zero-order valence-electron chi connectivity index (χ0n) is 13.1. The maximum Gasteiger partial charge on any atom is 0.240 e. The van der Waals surface area contributed by atoms with Crippen molar-refractivity contribution >= 4 is 17.5 Å². The second-order valence-electron chi connectivity index (χ2n) is 7.05. The molecule has 2 amide bonds. The highest BCUT2D eigenvalue weighted by atomic mass is 19.1. The highest BCUT2D eigenvalue weighted by molar-refractivity contribution is 6.06. The molecule has 1 aliphatic carbocycles. The van der Waals surface area contributed by atoms with Crippen molar-refractivity contribution in [2.24, 2.45) is 11.1 Å². The van der Waals surface area contributed by atoms with Crippen LogP contribution in [0.2, 0.25) is 0 Å². The zero-order valence-corrected chi connectivity index (χ0v) is 13.1. The third kappa shape index (κ3) is 2.72. The first-order valence-electron chi connectivity index (χ1n) is 7.85. The second kappa shape index (κ2) is 5.30. The average molecular weight is 320 g/mol. The lowest BCUT2D eigenvalue weighted by Gasteiger charge is -2.38. The van der Waals surface area contributed by atoms with Crippen molar-refractivity contribution in [3.05, 3.63) is 30.1 Å². The van der Waals surface area contributed by atoms with Crippen LogP contribution in [0, 0.1) is 11.2 Å². The van der Waals surface area contributed by atoms with Gasteiger partial charge in [-0.3, -0.25) is 14.5 Å². The molecule has 1 saturated heterocycles. The number of rotatable bonds is 2. The Labute approximate surface area is 134 Å². The number of nitrogens with two attached hydrogens (primary N) is 1. The smallest absolute Gasteiger partial charge is 0.240 e. The Morgan fingerprint density at radius 1 is 1.35 bits per heavy atom. The Hall–Kier alpha value is -1.95. The fourth-order valence-corrected chi connectivity index (χ4v) is 3.78. The summed E-state index contributed by atoms with van der Waals surface area (Å²) in [6.45, 7) is 1.76. The van der Waals surface area contributed by atoms with Gasteiger partial charge in [-0.05, 0) is 57.2 Å². The standard InChI is InChI=1S/C17H21FN2O3/c1-16(23)5-7-17(8-6-16)10-13(14(19)21)20(15(17)22)12-4-2-3-11(18)9-12/h2-4,9,13,23H,5-8,10H2,1H3,(H2,19,21). The van der Waals surface area contributed by atoms with E-state index in [1.165, 1.54) is 23.1 Å². The van der Waals surface area contributed by atoms with Gasteiger partial charge in [-0.1, -0.05) is 6.07 Å². The number of amides is 2. The third-order valence-corrected chi connectivity index (χ3v) is 5.27. The molecule has 1 aromatic rings. The molecule has 6 heteroatoms. The molecule has 23 heavy (non-hydrogen) atoms. The molecule has 124 valence electrons. The molecule has 1 saturated carbocycles. The lowest BCUT2D eigenvalue weighted by atomic mass is 9.67. The Morgan fingerprint density at radius 3 is 2.57 bits per heavy atom. The Kier molecular flexibility index (Phi) is 3.67. The van der Waals surface area contributed by atoms with Gasteiger partial charge in [0.25, 0.3) is 0 Å². The normalized spacial score (nSPS) is 34.1. The molecular formula is C17H21FN2O3. The van der Waals surface area contributed by atoms with Crippen LogP contribution in [-0.2, 0) is 9.59 Å². The first-order valence-corrected chi connectivity index (χ1v) is 7.85. The summed E-state index contributed by atoms with van der Waals surface area (Å²) in [6, 6.07) is 4.87. The summed E-state index contributed by atoms with van der Waals surface area (Å²) in [5, 5.41) is 10.1. The largest absolute Gasteiger partial charge is 0.390 e. The van der Waals surface area contributed by atoms with E-state index >= 15 is 0 Å². The number of carbonyl (C=O) groups is 2. The van der Waals surface area contributed by atoms with Crippen molar-refractivity contribution in [3.8, 4) is 0 Å². The van der Waals surface area contributed by atoms with Gasteiger partial charge in [0, 0.05) is 5.69 Å². The molecule has 1 unspecified atom stereocenters. The molecule has 3 N–H and O–H groups in total. The van der Waals surface area contributed by atoms with Crippen molar-refractivity contribution in [1.29, 1.82) is 0 Å². The SMILES string of the molecule is CC1(O)CCC2(CC1)CC(C(N)=O)N(c1cccc(F)c1)C2=O. The highest BCUT2D eigenvalue weighted by Gasteiger charge is 2.55. The number of halogens is 1. The monoisotopic (exact) mass is 320 g/mol. The van der Waals surface area contributed by atoms with E-state index in [9.17, 15) is 19.1 Å². The van der Waals surface area contributed by atoms with Crippen LogP contribution in [-0.4, -0.2) is 28.6 Å². The number of aliphatic hydroxyl groups is 1. The van der Waals surface area contributed by atoms with Crippen LogP contribution < -0.4 is 10.6 Å². The summed E-state index contributed by atoms with van der Waals surface area (Å²) in [5.74, 6) is -1.25. The molecule has 1 spiro atoms. The summed E-state index contributed by atoms with van der Waals surface area (Å²) in [4.78, 5) is 26.2. The van der Waals surface area contributed by atoms with Gasteiger partial charge in [-0.25, -0.2) is 4.39 Å². The van der Waals surface area contributed by atoms with Crippen LogP contribution >= 0.6 is 0 Å². The molecule has 0 bridgehead atoms. The average Bonchev–Trinajstić information content (AvgIpc) is 2.76. The number of hydrogen-bond donors (Lipinski definition) is 2. The Balaban J connectivity index is 1.96. The number of carbonyl (C=O) groups excluding carboxylic acids is 2. The maximum atomic E-state index is 13.5. The van der Waals surface area contributed by atoms with Crippen molar-refractivity contribution < 1.29 is 19.1 Å². The number of benzene rings is 1. The van der Waals surface area contributed by atoms with Crippen LogP contribution in [0.1, 0.15) is 39.0 Å². The molecule has 0 aromatic heterocycles. The second-order valence-corrected chi connectivity index (χ2v) is 7.05. The lowest BCUT2D eigenvalue weighted by Crippen LogP contribution is -2.44. The fourth-order valence-electron chi connectivity index (χ4n) is 3.78. The Bertz CT molecular complexity index is 649. The summed E-state index contributed by atoms with van der Waals surface area (Å²) in [7, 11) is 0. The van der Waals surface area contributed by atoms with Gasteiger partial charge in [0.15, 0.2) is 0 Å². The van der Waals surface area contributed by atoms with Crippen LogP contribution in [0.5, 0.6) is 0 Å². The molecule has 3 rings (SSSR count). The molecule has 1 heterocycles. The van der Waals surface area contributed by atoms with Crippen LogP contribution in [0.25, 0.3) is 0 Å². The van der Waals surface area contributed by atoms with E-state index < -0.39 is 28.8 Å². The predicted molar refractivity (Wildman–Crippen MR) is 83.0 cm³/mol. The predicted octanol–water partition coefficient (Wildman–Crippen LogP) is 1.73. The third-order valence-electron chi connectivity index (χ3n) is 5.27. The first kappa shape index (κ1) is 15.9. The van der Waals surface area contributed by atoms with Gasteiger partial charge in [0.1, 0.15) is 11.9 Å². The molecule has 1 aliphatic heterocycles. The van der Waals surface area contributed by atoms with Crippen LogP contribution in [0.15, 0.2) is 24.3 Å². The van der Waals surface area contributed by atoms with E-state index in [0.717, 1.165) is 0 Å². The topological polar surface area (TPSA) is 83.6 Å². The Morgan fingerprint density at radius 2 is 2.00 bits per heavy atom. The van der Waals surface area contributed by atoms with Gasteiger partial charge >= 0.3 is 0 Å². The summed E-state index contributed by atoms with van der Waals surface area (Å²) in [5.41, 5.74) is 4.38. The molecule has 5 nitrogen and oxygen atoms in total. The maximum absolute atomic E-state index is 13.5. The number of hydrogen-bond acceptors (Lipinski definition) is 3. The minimum Gasteiger partial charge on any atom is -0.390 e. The van der Waals surface area contributed by atoms with Crippen LogP contribution in [0.3, 0.4) is 0 Å². The van der Waals surface area contributed by atoms with Crippen molar-refractivity contribution in [2.45, 2.75) is 50.7 Å². The summed E-state index contributed by atoms with van der Waals surface area (Å²) in [6.07, 6.45) is 2.35. The molecule has 2 fully saturated rings. The van der Waals surface area contributed by atoms with E-state index in [2.05, 4.69) is 0 Å². The van der Waals surface area contributed by atoms with Gasteiger partial charge < -0.3 is 10.8 Å². The lowest BCUT2D eigenvalue weighted by molar-refractivity contribution is -0.130. The molecule has 1 aromatic carbocycles. The molecule has 0 radical (unpaired) electrons. The van der Waals surface area contributed by atoms with E-state index in [0.29, 0.717) is 37.8 Å². The molecule has 2 aliphatic rings. The fraction of sp³-hybridized carbons (Fsp3) is 0.529. The van der Waals surface area contributed by atoms with E-state index in [1.807, 2.05) is 0 Å². The quantitative estimate of drug-likeness (QED) is 0.870. The molecule has 1 atom stereocenters. The van der Waals surface area contributed by atoms with Crippen molar-refractivity contribution in [2.75, 3.05) is 4.90 Å². The van der Waals surface area contributed by atoms with Gasteiger partial charge in [-0.15, -0.1) is 0 Å². The van der Waals surface area contributed by atoms with Gasteiger partial charge in [0.05, 0.1) is 11.0 Å². The van der Waals surface area contributed by atoms with Gasteiger partial charge in [0.2, 0.25) is 11.8 Å². The highest BCUT2D eigenvalue weighted by Crippen LogP contribution is 2.50. The van der Waals surface area contributed by atoms with Gasteiger partial charge in [-0.2, -0.15) is 0 Å². The van der Waals surface area contributed by atoms with Crippen molar-refractivity contribution in [1.82, 2.24) is 0 Å². The van der Waals surface area contributed by atoms with E-state index in [1.54, 1.807) is 13.0 Å². The number of anilines is 1. The number of nitrogens with zero attached hydrogens (tertiary/aromatic N) is 1. The van der Waals surface area contributed by atoms with E-state index in [-0.39, 0.29) is 5.91 Å². The zero-order chi connectivity index (χ0) is 16.8.